The molecular weight excluding hydrogens is 236 g/mol. The Morgan fingerprint density at radius 1 is 1.50 bits per heavy atom. The summed E-state index contributed by atoms with van der Waals surface area (Å²) in [6.45, 7) is 3.78. The van der Waals surface area contributed by atoms with Crippen LogP contribution in [0.5, 0.6) is 0 Å². The molecule has 2 N–H and O–H groups in total. The average molecular weight is 250 g/mol. The van der Waals surface area contributed by atoms with Gasteiger partial charge in [-0.3, -0.25) is 0 Å². The Morgan fingerprint density at radius 3 is 2.67 bits per heavy atom. The predicted octanol–water partition coefficient (Wildman–Crippen LogP) is 1.27. The van der Waals surface area contributed by atoms with Crippen LogP contribution in [0.3, 0.4) is 0 Å². The Hall–Kier alpha value is -2.20. The van der Waals surface area contributed by atoms with Gasteiger partial charge in [-0.1, -0.05) is 0 Å². The molecule has 0 saturated carbocycles. The van der Waals surface area contributed by atoms with E-state index >= 15 is 0 Å². The lowest BCUT2D eigenvalue weighted by Gasteiger charge is -2.11. The van der Waals surface area contributed by atoms with Gasteiger partial charge >= 0.3 is 5.82 Å². The van der Waals surface area contributed by atoms with Crippen LogP contribution in [0.2, 0.25) is 0 Å². The van der Waals surface area contributed by atoms with Crippen molar-refractivity contribution in [3.05, 3.63) is 26.9 Å². The molecular formula is C11H14N4O3. The Morgan fingerprint density at radius 2 is 2.17 bits per heavy atom. The standard InChI is InChI=1S/C11H14N4O3/c1-7-9(6-12)14-11(15(17)18)8(2)10(7)13-4-3-5-16/h16H,3-5H2,1-2H3,(H,13,14). The molecule has 0 saturated heterocycles. The second-order valence-corrected chi connectivity index (χ2v) is 3.78. The number of anilines is 1. The number of aliphatic hydroxyl groups excluding tert-OH is 1. The van der Waals surface area contributed by atoms with Crippen LogP contribution in [0.4, 0.5) is 11.5 Å². The summed E-state index contributed by atoms with van der Waals surface area (Å²) in [6.07, 6.45) is 0.525. The van der Waals surface area contributed by atoms with Gasteiger partial charge in [-0.25, -0.2) is 0 Å². The van der Waals surface area contributed by atoms with Crippen LogP contribution < -0.4 is 5.32 Å². The minimum atomic E-state index is -0.604. The van der Waals surface area contributed by atoms with Gasteiger partial charge in [0, 0.05) is 18.7 Å². The minimum absolute atomic E-state index is 0.0311. The summed E-state index contributed by atoms with van der Waals surface area (Å²) in [5.41, 5.74) is 1.56. The number of aliphatic hydroxyl groups is 1. The van der Waals surface area contributed by atoms with Crippen LogP contribution in [0, 0.1) is 35.3 Å². The third-order valence-electron chi connectivity index (χ3n) is 2.57. The highest BCUT2D eigenvalue weighted by atomic mass is 16.6. The zero-order valence-corrected chi connectivity index (χ0v) is 10.2. The van der Waals surface area contributed by atoms with Crippen molar-refractivity contribution in [1.82, 2.24) is 4.98 Å². The second kappa shape index (κ2) is 5.93. The third kappa shape index (κ3) is 2.73. The fraction of sp³-hybridized carbons (Fsp3) is 0.455. The number of nitrogens with zero attached hydrogens (tertiary/aromatic N) is 3. The summed E-state index contributed by atoms with van der Waals surface area (Å²) in [4.78, 5) is 14.0. The molecule has 0 aromatic carbocycles. The monoisotopic (exact) mass is 250 g/mol. The molecule has 0 fully saturated rings. The molecule has 0 aliphatic heterocycles. The molecule has 96 valence electrons. The topological polar surface area (TPSA) is 112 Å². The highest BCUT2D eigenvalue weighted by molar-refractivity contribution is 5.65. The number of nitriles is 1. The lowest BCUT2D eigenvalue weighted by molar-refractivity contribution is -0.390. The van der Waals surface area contributed by atoms with Crippen LogP contribution in [0.1, 0.15) is 23.2 Å². The number of nitro groups is 1. The van der Waals surface area contributed by atoms with E-state index in [0.717, 1.165) is 0 Å². The third-order valence-corrected chi connectivity index (χ3v) is 2.57. The van der Waals surface area contributed by atoms with Crippen molar-refractivity contribution in [2.45, 2.75) is 20.3 Å². The van der Waals surface area contributed by atoms with E-state index in [1.54, 1.807) is 13.8 Å². The van der Waals surface area contributed by atoms with Crippen molar-refractivity contribution in [3.63, 3.8) is 0 Å². The van der Waals surface area contributed by atoms with Gasteiger partial charge in [-0.15, -0.1) is 0 Å². The van der Waals surface area contributed by atoms with Gasteiger partial charge < -0.3 is 20.5 Å². The maximum atomic E-state index is 10.8. The Kier molecular flexibility index (Phi) is 4.57. The molecule has 0 aliphatic rings. The van der Waals surface area contributed by atoms with E-state index in [9.17, 15) is 10.1 Å². The van der Waals surface area contributed by atoms with Crippen LogP contribution in [0.15, 0.2) is 0 Å². The first kappa shape index (κ1) is 13.9. The van der Waals surface area contributed by atoms with E-state index in [2.05, 4.69) is 10.3 Å². The predicted molar refractivity (Wildman–Crippen MR) is 65.3 cm³/mol. The summed E-state index contributed by atoms with van der Waals surface area (Å²) < 4.78 is 0. The SMILES string of the molecule is Cc1c(C#N)nc([N+](=O)[O-])c(C)c1NCCCO. The second-order valence-electron chi connectivity index (χ2n) is 3.78. The van der Waals surface area contributed by atoms with Crippen molar-refractivity contribution in [2.24, 2.45) is 0 Å². The van der Waals surface area contributed by atoms with Gasteiger partial charge in [0.25, 0.3) is 5.69 Å². The van der Waals surface area contributed by atoms with Crippen LogP contribution in [0.25, 0.3) is 0 Å². The van der Waals surface area contributed by atoms with Crippen molar-refractivity contribution >= 4 is 11.5 Å². The first-order valence-electron chi connectivity index (χ1n) is 5.43. The van der Waals surface area contributed by atoms with Crippen LogP contribution in [-0.2, 0) is 0 Å². The molecule has 0 aliphatic carbocycles. The molecule has 7 nitrogen and oxygen atoms in total. The van der Waals surface area contributed by atoms with E-state index in [4.69, 9.17) is 10.4 Å². The number of nitrogens with one attached hydrogen (secondary N) is 1. The molecule has 1 rings (SSSR count). The van der Waals surface area contributed by atoms with Gasteiger partial charge in [-0.2, -0.15) is 5.26 Å². The Labute approximate surface area is 104 Å². The maximum absolute atomic E-state index is 10.8. The molecule has 1 heterocycles. The normalized spacial score (nSPS) is 9.89. The van der Waals surface area contributed by atoms with Crippen LogP contribution >= 0.6 is 0 Å². The van der Waals surface area contributed by atoms with Gasteiger partial charge in [0.05, 0.1) is 11.3 Å². The first-order chi connectivity index (χ1) is 8.52. The zero-order valence-electron chi connectivity index (χ0n) is 10.2. The molecule has 0 radical (unpaired) electrons. The van der Waals surface area contributed by atoms with Gasteiger partial charge in [-0.05, 0) is 30.2 Å². The number of pyridine rings is 1. The van der Waals surface area contributed by atoms with Crippen molar-refractivity contribution < 1.29 is 10.0 Å². The quantitative estimate of drug-likeness (QED) is 0.462. The maximum Gasteiger partial charge on any atom is 0.369 e. The van der Waals surface area contributed by atoms with Gasteiger partial charge in [0.1, 0.15) is 6.07 Å². The van der Waals surface area contributed by atoms with Crippen molar-refractivity contribution in [1.29, 1.82) is 5.26 Å². The summed E-state index contributed by atoms with van der Waals surface area (Å²) in [7, 11) is 0. The van der Waals surface area contributed by atoms with E-state index in [1.807, 2.05) is 6.07 Å². The summed E-state index contributed by atoms with van der Waals surface area (Å²) in [5.74, 6) is -0.316. The molecule has 0 bridgehead atoms. The molecule has 1 aromatic heterocycles. The molecule has 0 spiro atoms. The zero-order chi connectivity index (χ0) is 13.7. The van der Waals surface area contributed by atoms with Crippen LogP contribution in [-0.4, -0.2) is 28.2 Å². The number of aromatic nitrogens is 1. The molecule has 7 heteroatoms. The van der Waals surface area contributed by atoms with Crippen molar-refractivity contribution in [2.75, 3.05) is 18.5 Å². The largest absolute Gasteiger partial charge is 0.396 e. The lowest BCUT2D eigenvalue weighted by atomic mass is 10.1. The van der Waals surface area contributed by atoms with E-state index < -0.39 is 4.92 Å². The average Bonchev–Trinajstić information content (AvgIpc) is 2.33. The smallest absolute Gasteiger partial charge is 0.369 e. The minimum Gasteiger partial charge on any atom is -0.396 e. The number of hydrogen-bond acceptors (Lipinski definition) is 6. The fourth-order valence-electron chi connectivity index (χ4n) is 1.63. The lowest BCUT2D eigenvalue weighted by Crippen LogP contribution is -2.10. The van der Waals surface area contributed by atoms with Crippen molar-refractivity contribution in [3.8, 4) is 6.07 Å². The fourth-order valence-corrected chi connectivity index (χ4v) is 1.63. The highest BCUT2D eigenvalue weighted by Gasteiger charge is 2.22. The van der Waals surface area contributed by atoms with E-state index in [1.165, 1.54) is 0 Å². The molecule has 18 heavy (non-hydrogen) atoms. The molecule has 1 aromatic rings. The summed E-state index contributed by atoms with van der Waals surface area (Å²) in [5, 5.41) is 31.5. The highest BCUT2D eigenvalue weighted by Crippen LogP contribution is 2.28. The van der Waals surface area contributed by atoms with E-state index in [-0.39, 0.29) is 18.1 Å². The molecule has 0 unspecified atom stereocenters. The summed E-state index contributed by atoms with van der Waals surface area (Å²) in [6, 6.07) is 1.84. The first-order valence-corrected chi connectivity index (χ1v) is 5.43. The number of hydrogen-bond donors (Lipinski definition) is 2. The number of rotatable bonds is 5. The molecule has 0 amide bonds. The molecule has 0 atom stereocenters. The summed E-state index contributed by atoms with van der Waals surface area (Å²) >= 11 is 0. The Balaban J connectivity index is 3.25. The Bertz CT molecular complexity index is 508. The van der Waals surface area contributed by atoms with Gasteiger partial charge in [0.15, 0.2) is 0 Å². The van der Waals surface area contributed by atoms with Gasteiger partial charge in [0.2, 0.25) is 0 Å². The van der Waals surface area contributed by atoms with E-state index in [0.29, 0.717) is 29.8 Å².